The Morgan fingerprint density at radius 2 is 1.77 bits per heavy atom. The van der Waals surface area contributed by atoms with Crippen LogP contribution >= 0.6 is 0 Å². The topological polar surface area (TPSA) is 14.2 Å². The monoisotopic (exact) mass is 361 g/mol. The highest BCUT2D eigenvalue weighted by Gasteiger charge is 2.33. The van der Waals surface area contributed by atoms with Gasteiger partial charge in [-0.1, -0.05) is 49.4 Å². The molecule has 0 spiro atoms. The Balaban J connectivity index is 2.33. The Morgan fingerprint density at radius 1 is 1.08 bits per heavy atom. The van der Waals surface area contributed by atoms with E-state index in [-0.39, 0.29) is 6.73 Å². The lowest BCUT2D eigenvalue weighted by Crippen LogP contribution is -2.13. The van der Waals surface area contributed by atoms with Crippen molar-refractivity contribution >= 4 is 10.9 Å². The van der Waals surface area contributed by atoms with Crippen molar-refractivity contribution in [1.29, 1.82) is 0 Å². The zero-order chi connectivity index (χ0) is 18.9. The van der Waals surface area contributed by atoms with Crippen LogP contribution in [0.15, 0.2) is 48.5 Å². The number of aryl methyl sites for hydroxylation is 1. The molecule has 0 saturated heterocycles. The second-order valence-electron chi connectivity index (χ2n) is 6.72. The molecule has 0 aliphatic rings. The van der Waals surface area contributed by atoms with E-state index in [1.165, 1.54) is 0 Å². The van der Waals surface area contributed by atoms with Gasteiger partial charge < -0.3 is 9.30 Å². The molecule has 3 aromatic rings. The molecule has 0 bridgehead atoms. The first-order valence-corrected chi connectivity index (χ1v) is 8.55. The zero-order valence-electron chi connectivity index (χ0n) is 15.1. The van der Waals surface area contributed by atoms with E-state index in [1.54, 1.807) is 14.0 Å². The summed E-state index contributed by atoms with van der Waals surface area (Å²) >= 11 is 0. The minimum Gasteiger partial charge on any atom is -0.364 e. The highest BCUT2D eigenvalue weighted by atomic mass is 19.4. The average Bonchev–Trinajstić information content (AvgIpc) is 2.88. The molecule has 0 fully saturated rings. The molecule has 1 unspecified atom stereocenters. The van der Waals surface area contributed by atoms with Gasteiger partial charge >= 0.3 is 6.18 Å². The number of alkyl halides is 3. The minimum atomic E-state index is -4.21. The number of nitrogens with zero attached hydrogens (tertiary/aromatic N) is 1. The van der Waals surface area contributed by atoms with Gasteiger partial charge in [-0.25, -0.2) is 0 Å². The van der Waals surface area contributed by atoms with E-state index in [9.17, 15) is 13.2 Å². The first kappa shape index (κ1) is 18.5. The number of hydrogen-bond donors (Lipinski definition) is 0. The van der Waals surface area contributed by atoms with Crippen LogP contribution < -0.4 is 0 Å². The third-order valence-electron chi connectivity index (χ3n) is 4.60. The molecule has 26 heavy (non-hydrogen) atoms. The molecule has 0 amide bonds. The van der Waals surface area contributed by atoms with Crippen molar-refractivity contribution in [3.8, 4) is 11.3 Å². The number of benzene rings is 2. The number of ether oxygens (including phenoxy) is 1. The van der Waals surface area contributed by atoms with Crippen LogP contribution in [0, 0.1) is 6.92 Å². The van der Waals surface area contributed by atoms with E-state index >= 15 is 0 Å². The molecule has 2 nitrogen and oxygen atoms in total. The minimum absolute atomic E-state index is 0.281. The van der Waals surface area contributed by atoms with Crippen molar-refractivity contribution in [3.63, 3.8) is 0 Å². The Bertz CT molecular complexity index is 897. The second kappa shape index (κ2) is 7.16. The number of halogens is 3. The van der Waals surface area contributed by atoms with Crippen LogP contribution in [0.3, 0.4) is 0 Å². The predicted molar refractivity (Wildman–Crippen MR) is 98.2 cm³/mol. The van der Waals surface area contributed by atoms with E-state index in [0.29, 0.717) is 0 Å². The number of fused-ring (bicyclic) bond motifs is 1. The van der Waals surface area contributed by atoms with Gasteiger partial charge in [0.15, 0.2) is 0 Å². The van der Waals surface area contributed by atoms with Crippen molar-refractivity contribution in [2.45, 2.75) is 39.1 Å². The molecule has 1 atom stereocenters. The van der Waals surface area contributed by atoms with Gasteiger partial charge in [0.05, 0.1) is 17.6 Å². The Morgan fingerprint density at radius 3 is 2.38 bits per heavy atom. The first-order chi connectivity index (χ1) is 12.3. The molecule has 0 radical (unpaired) electrons. The zero-order valence-corrected chi connectivity index (χ0v) is 15.1. The molecule has 0 N–H and O–H groups in total. The fourth-order valence-corrected chi connectivity index (χ4v) is 3.60. The Hall–Kier alpha value is -2.27. The summed E-state index contributed by atoms with van der Waals surface area (Å²) in [6.45, 7) is 3.90. The van der Waals surface area contributed by atoms with Gasteiger partial charge in [-0.15, -0.1) is 0 Å². The molecular formula is C21H22F3NO. The summed E-state index contributed by atoms with van der Waals surface area (Å²) in [5.74, 6) is -0.659. The molecule has 0 saturated carbocycles. The summed E-state index contributed by atoms with van der Waals surface area (Å²) < 4.78 is 46.7. The van der Waals surface area contributed by atoms with Crippen LogP contribution in [0.2, 0.25) is 0 Å². The quantitative estimate of drug-likeness (QED) is 0.522. The number of aromatic nitrogens is 1. The van der Waals surface area contributed by atoms with Gasteiger partial charge in [0.2, 0.25) is 0 Å². The average molecular weight is 361 g/mol. The van der Waals surface area contributed by atoms with Gasteiger partial charge in [-0.2, -0.15) is 13.2 Å². The van der Waals surface area contributed by atoms with E-state index in [1.807, 2.05) is 60.0 Å². The summed E-state index contributed by atoms with van der Waals surface area (Å²) in [6.07, 6.45) is -5.07. The third kappa shape index (κ3) is 3.63. The second-order valence-corrected chi connectivity index (χ2v) is 6.72. The largest absolute Gasteiger partial charge is 0.389 e. The van der Waals surface area contributed by atoms with Crippen LogP contribution in [0.5, 0.6) is 0 Å². The maximum Gasteiger partial charge on any atom is 0.389 e. The van der Waals surface area contributed by atoms with Crippen LogP contribution in [0.25, 0.3) is 22.2 Å². The lowest BCUT2D eigenvalue weighted by Gasteiger charge is -2.17. The van der Waals surface area contributed by atoms with Crippen LogP contribution in [-0.2, 0) is 11.5 Å². The number of rotatable bonds is 5. The van der Waals surface area contributed by atoms with Crippen molar-refractivity contribution < 1.29 is 17.9 Å². The van der Waals surface area contributed by atoms with Crippen LogP contribution in [0.4, 0.5) is 13.2 Å². The molecule has 1 heterocycles. The Kier molecular flexibility index (Phi) is 5.10. The van der Waals surface area contributed by atoms with E-state index < -0.39 is 18.5 Å². The lowest BCUT2D eigenvalue weighted by molar-refractivity contribution is -0.137. The van der Waals surface area contributed by atoms with Gasteiger partial charge in [0.1, 0.15) is 6.73 Å². The lowest BCUT2D eigenvalue weighted by atomic mass is 9.92. The molecule has 5 heteroatoms. The molecule has 0 aliphatic heterocycles. The molecule has 3 rings (SSSR count). The summed E-state index contributed by atoms with van der Waals surface area (Å²) in [5, 5.41) is 0.850. The highest BCUT2D eigenvalue weighted by Crippen LogP contribution is 2.42. The van der Waals surface area contributed by atoms with Gasteiger partial charge in [0, 0.05) is 12.5 Å². The first-order valence-electron chi connectivity index (χ1n) is 8.55. The standard InChI is InChI=1S/C21H22F3NO/c1-14-9-10-17-18(11-14)25(13-26-3)20(16-7-5-4-6-8-16)19(17)15(2)12-21(22,23)24/h4-11,15H,12-13H2,1-3H3. The summed E-state index contributed by atoms with van der Waals surface area (Å²) in [4.78, 5) is 0. The highest BCUT2D eigenvalue weighted by molar-refractivity contribution is 5.93. The molecule has 138 valence electrons. The maximum absolute atomic E-state index is 13.1. The maximum atomic E-state index is 13.1. The van der Waals surface area contributed by atoms with E-state index in [4.69, 9.17) is 4.74 Å². The molecule has 2 aromatic carbocycles. The number of methoxy groups -OCH3 is 1. The van der Waals surface area contributed by atoms with E-state index in [0.717, 1.165) is 33.3 Å². The smallest absolute Gasteiger partial charge is 0.364 e. The molecule has 0 aliphatic carbocycles. The van der Waals surface area contributed by atoms with Gasteiger partial charge in [0.25, 0.3) is 0 Å². The van der Waals surface area contributed by atoms with Crippen molar-refractivity contribution in [1.82, 2.24) is 4.57 Å². The fraction of sp³-hybridized carbons (Fsp3) is 0.333. The Labute approximate surface area is 151 Å². The van der Waals surface area contributed by atoms with Crippen molar-refractivity contribution in [2.24, 2.45) is 0 Å². The summed E-state index contributed by atoms with van der Waals surface area (Å²) in [7, 11) is 1.59. The third-order valence-corrected chi connectivity index (χ3v) is 4.60. The van der Waals surface area contributed by atoms with Gasteiger partial charge in [-0.05, 0) is 35.6 Å². The normalized spacial score (nSPS) is 13.3. The number of hydrogen-bond acceptors (Lipinski definition) is 1. The predicted octanol–water partition coefficient (Wildman–Crippen LogP) is 6.28. The molecular weight excluding hydrogens is 339 g/mol. The molecule has 1 aromatic heterocycles. The van der Waals surface area contributed by atoms with Crippen molar-refractivity contribution in [2.75, 3.05) is 7.11 Å². The van der Waals surface area contributed by atoms with Crippen LogP contribution in [0.1, 0.15) is 30.4 Å². The van der Waals surface area contributed by atoms with E-state index in [2.05, 4.69) is 0 Å². The van der Waals surface area contributed by atoms with Crippen LogP contribution in [-0.4, -0.2) is 17.9 Å². The van der Waals surface area contributed by atoms with Crippen molar-refractivity contribution in [3.05, 3.63) is 59.7 Å². The fourth-order valence-electron chi connectivity index (χ4n) is 3.60. The SMILES string of the molecule is COCn1c(-c2ccccc2)c(C(C)CC(F)(F)F)c2ccc(C)cc21. The summed E-state index contributed by atoms with van der Waals surface area (Å²) in [5.41, 5.74) is 4.37. The summed E-state index contributed by atoms with van der Waals surface area (Å²) in [6, 6.07) is 15.4. The van der Waals surface area contributed by atoms with Gasteiger partial charge in [-0.3, -0.25) is 0 Å².